The normalized spacial score (nSPS) is 12.8. The molecule has 0 aliphatic carbocycles. The van der Waals surface area contributed by atoms with Crippen LogP contribution < -0.4 is 4.74 Å². The van der Waals surface area contributed by atoms with E-state index in [1.165, 1.54) is 0 Å². The number of aliphatic hydroxyl groups excluding tert-OH is 2. The molecule has 4 nitrogen and oxygen atoms in total. The highest BCUT2D eigenvalue weighted by atomic mass is 16.5. The number of aliphatic hydroxyl groups is 2. The van der Waals surface area contributed by atoms with Crippen LogP contribution in [0.2, 0.25) is 0 Å². The summed E-state index contributed by atoms with van der Waals surface area (Å²) >= 11 is 0. The molecule has 2 atom stereocenters. The van der Waals surface area contributed by atoms with Gasteiger partial charge in [0.2, 0.25) is 0 Å². The first-order valence-electron chi connectivity index (χ1n) is 9.58. The molecular weight excluding hydrogens is 352 g/mol. The summed E-state index contributed by atoms with van der Waals surface area (Å²) in [6.45, 7) is 5.67. The van der Waals surface area contributed by atoms with Crippen LogP contribution in [0.25, 0.3) is 0 Å². The maximum Gasteiger partial charge on any atom is 0.121 e. The molecule has 2 rings (SSSR count). The molecule has 0 aromatic heterocycles. The molecule has 0 saturated heterocycles. The first-order valence-corrected chi connectivity index (χ1v) is 9.58. The second-order valence-electron chi connectivity index (χ2n) is 7.05. The molecule has 2 aromatic carbocycles. The molecule has 0 heterocycles. The summed E-state index contributed by atoms with van der Waals surface area (Å²) in [4.78, 5) is 0. The van der Waals surface area contributed by atoms with Crippen LogP contribution in [-0.2, 0) is 0 Å². The minimum atomic E-state index is -0.657. The maximum absolute atomic E-state index is 10.5. The molecule has 0 radical (unpaired) electrons. The van der Waals surface area contributed by atoms with Gasteiger partial charge in [0.25, 0.3) is 0 Å². The van der Waals surface area contributed by atoms with E-state index in [0.717, 1.165) is 40.0 Å². The molecule has 4 heteroatoms. The van der Waals surface area contributed by atoms with E-state index in [-0.39, 0.29) is 5.75 Å². The Kier molecular flexibility index (Phi) is 7.89. The number of phenolic OH excluding ortho intramolecular Hbond substituents is 1. The van der Waals surface area contributed by atoms with E-state index < -0.39 is 12.2 Å². The van der Waals surface area contributed by atoms with Crippen molar-refractivity contribution in [3.63, 3.8) is 0 Å². The third-order valence-corrected chi connectivity index (χ3v) is 4.91. The van der Waals surface area contributed by atoms with E-state index in [2.05, 4.69) is 5.73 Å². The van der Waals surface area contributed by atoms with Crippen molar-refractivity contribution in [2.24, 2.45) is 0 Å². The van der Waals surface area contributed by atoms with Crippen molar-refractivity contribution in [2.75, 3.05) is 7.11 Å². The molecule has 150 valence electrons. The van der Waals surface area contributed by atoms with Gasteiger partial charge in [-0.1, -0.05) is 19.1 Å². The van der Waals surface area contributed by atoms with Crippen molar-refractivity contribution in [3.8, 4) is 11.5 Å². The van der Waals surface area contributed by atoms with Crippen LogP contribution in [0.15, 0.2) is 53.8 Å². The van der Waals surface area contributed by atoms with Crippen LogP contribution in [-0.4, -0.2) is 22.4 Å². The molecule has 0 amide bonds. The fraction of sp³-hybridized carbons (Fsp3) is 0.375. The van der Waals surface area contributed by atoms with E-state index in [1.54, 1.807) is 19.2 Å². The SMILES string of the molecule is CCC(=C=CC[C@@H](O)c1cc(C)c(O)c(C)c1)C[C@@H](O)c1ccc(OC)cc1. The summed E-state index contributed by atoms with van der Waals surface area (Å²) in [5.41, 5.74) is 7.35. The van der Waals surface area contributed by atoms with Crippen molar-refractivity contribution >= 4 is 0 Å². The highest BCUT2D eigenvalue weighted by Gasteiger charge is 2.11. The zero-order valence-corrected chi connectivity index (χ0v) is 17.1. The Hall–Kier alpha value is -2.52. The lowest BCUT2D eigenvalue weighted by molar-refractivity contribution is 0.177. The van der Waals surface area contributed by atoms with Crippen LogP contribution in [0.5, 0.6) is 11.5 Å². The lowest BCUT2D eigenvalue weighted by Crippen LogP contribution is -1.99. The first kappa shape index (κ1) is 21.8. The van der Waals surface area contributed by atoms with Gasteiger partial charge in [-0.25, -0.2) is 0 Å². The summed E-state index contributed by atoms with van der Waals surface area (Å²) in [5.74, 6) is 1.03. The highest BCUT2D eigenvalue weighted by Crippen LogP contribution is 2.28. The number of aryl methyl sites for hydroxylation is 2. The molecule has 0 saturated carbocycles. The highest BCUT2D eigenvalue weighted by molar-refractivity contribution is 5.42. The molecule has 0 aliphatic rings. The number of rotatable bonds is 8. The van der Waals surface area contributed by atoms with E-state index in [9.17, 15) is 15.3 Å². The Morgan fingerprint density at radius 1 is 1.04 bits per heavy atom. The Balaban J connectivity index is 2.05. The molecule has 2 aromatic rings. The van der Waals surface area contributed by atoms with Crippen molar-refractivity contribution < 1.29 is 20.1 Å². The predicted molar refractivity (Wildman–Crippen MR) is 112 cm³/mol. The smallest absolute Gasteiger partial charge is 0.121 e. The number of hydrogen-bond acceptors (Lipinski definition) is 4. The minimum Gasteiger partial charge on any atom is -0.507 e. The van der Waals surface area contributed by atoms with E-state index in [4.69, 9.17) is 4.74 Å². The molecular formula is C24H30O4. The van der Waals surface area contributed by atoms with E-state index in [0.29, 0.717) is 12.8 Å². The minimum absolute atomic E-state index is 0.271. The standard InChI is InChI=1S/C24H30O4/c1-5-18(15-23(26)19-9-11-21(28-4)12-10-19)7-6-8-22(25)20-13-16(2)24(27)17(3)14-20/h6,9-14,22-23,25-27H,5,8,15H2,1-4H3/t7?,22-,23-/m1/s1. The predicted octanol–water partition coefficient (Wildman–Crippen LogP) is 5.06. The topological polar surface area (TPSA) is 69.9 Å². The lowest BCUT2D eigenvalue weighted by atomic mass is 9.99. The number of hydrogen-bond donors (Lipinski definition) is 3. The van der Waals surface area contributed by atoms with Gasteiger partial charge in [-0.05, 0) is 78.4 Å². The Morgan fingerprint density at radius 3 is 2.18 bits per heavy atom. The third-order valence-electron chi connectivity index (χ3n) is 4.91. The quantitative estimate of drug-likeness (QED) is 0.558. The van der Waals surface area contributed by atoms with Gasteiger partial charge in [0, 0.05) is 12.8 Å². The van der Waals surface area contributed by atoms with Gasteiger partial charge in [0.1, 0.15) is 11.5 Å². The summed E-state index contributed by atoms with van der Waals surface area (Å²) in [5, 5.41) is 30.8. The summed E-state index contributed by atoms with van der Waals surface area (Å²) in [6, 6.07) is 11.0. The Labute approximate surface area is 167 Å². The van der Waals surface area contributed by atoms with Crippen LogP contribution in [0.4, 0.5) is 0 Å². The number of phenols is 1. The van der Waals surface area contributed by atoms with Crippen LogP contribution >= 0.6 is 0 Å². The summed E-state index contributed by atoms with van der Waals surface area (Å²) < 4.78 is 5.14. The van der Waals surface area contributed by atoms with Gasteiger partial charge >= 0.3 is 0 Å². The molecule has 0 aliphatic heterocycles. The van der Waals surface area contributed by atoms with Gasteiger partial charge in [-0.3, -0.25) is 0 Å². The van der Waals surface area contributed by atoms with Gasteiger partial charge in [0.15, 0.2) is 0 Å². The second-order valence-corrected chi connectivity index (χ2v) is 7.05. The maximum atomic E-state index is 10.5. The second kappa shape index (κ2) is 10.1. The lowest BCUT2D eigenvalue weighted by Gasteiger charge is -2.13. The number of methoxy groups -OCH3 is 1. The molecule has 0 unspecified atom stereocenters. The monoisotopic (exact) mass is 382 g/mol. The zero-order chi connectivity index (χ0) is 20.7. The van der Waals surface area contributed by atoms with Crippen molar-refractivity contribution in [1.82, 2.24) is 0 Å². The first-order chi connectivity index (χ1) is 13.3. The van der Waals surface area contributed by atoms with Crippen molar-refractivity contribution in [2.45, 2.75) is 52.2 Å². The van der Waals surface area contributed by atoms with Crippen molar-refractivity contribution in [3.05, 3.63) is 76.0 Å². The average Bonchev–Trinajstić information content (AvgIpc) is 2.70. The Bertz CT molecular complexity index is 822. The molecule has 3 N–H and O–H groups in total. The van der Waals surface area contributed by atoms with Crippen LogP contribution in [0.3, 0.4) is 0 Å². The van der Waals surface area contributed by atoms with Gasteiger partial charge in [0.05, 0.1) is 19.3 Å². The third kappa shape index (κ3) is 5.74. The average molecular weight is 383 g/mol. The molecule has 0 fully saturated rings. The Morgan fingerprint density at radius 2 is 1.64 bits per heavy atom. The number of ether oxygens (including phenoxy) is 1. The van der Waals surface area contributed by atoms with E-state index in [1.807, 2.05) is 51.1 Å². The fourth-order valence-electron chi connectivity index (χ4n) is 3.12. The summed E-state index contributed by atoms with van der Waals surface area (Å²) in [6.07, 6.45) is 2.25. The fourth-order valence-corrected chi connectivity index (χ4v) is 3.12. The van der Waals surface area contributed by atoms with E-state index >= 15 is 0 Å². The van der Waals surface area contributed by atoms with Gasteiger partial charge in [-0.2, -0.15) is 0 Å². The molecule has 28 heavy (non-hydrogen) atoms. The van der Waals surface area contributed by atoms with Gasteiger partial charge in [-0.15, -0.1) is 5.73 Å². The molecule has 0 spiro atoms. The largest absolute Gasteiger partial charge is 0.507 e. The number of aromatic hydroxyl groups is 1. The number of benzene rings is 2. The molecule has 0 bridgehead atoms. The van der Waals surface area contributed by atoms with Crippen LogP contribution in [0.1, 0.15) is 60.6 Å². The zero-order valence-electron chi connectivity index (χ0n) is 17.1. The van der Waals surface area contributed by atoms with Crippen LogP contribution in [0, 0.1) is 13.8 Å². The van der Waals surface area contributed by atoms with Crippen molar-refractivity contribution in [1.29, 1.82) is 0 Å². The van der Waals surface area contributed by atoms with Gasteiger partial charge < -0.3 is 20.1 Å². The summed E-state index contributed by atoms with van der Waals surface area (Å²) in [7, 11) is 1.61.